The lowest BCUT2D eigenvalue weighted by Gasteiger charge is -2.18. The summed E-state index contributed by atoms with van der Waals surface area (Å²) in [6, 6.07) is 14.3. The van der Waals surface area contributed by atoms with E-state index in [2.05, 4.69) is 12.1 Å². The van der Waals surface area contributed by atoms with E-state index in [1.165, 1.54) is 22.3 Å². The van der Waals surface area contributed by atoms with Gasteiger partial charge in [-0.25, -0.2) is 0 Å². The van der Waals surface area contributed by atoms with Gasteiger partial charge in [-0.15, -0.1) is 0 Å². The fourth-order valence-electron chi connectivity index (χ4n) is 2.90. The van der Waals surface area contributed by atoms with Crippen LogP contribution in [0.3, 0.4) is 0 Å². The first kappa shape index (κ1) is 13.3. The second-order valence-electron chi connectivity index (χ2n) is 5.34. The SMILES string of the molecule is NCCC(O)C(O)c1ccc2c(c1)Cc1ccccc1-2. The van der Waals surface area contributed by atoms with Gasteiger partial charge in [-0.3, -0.25) is 0 Å². The molecule has 2 aromatic rings. The average molecular weight is 269 g/mol. The van der Waals surface area contributed by atoms with Crippen LogP contribution >= 0.6 is 0 Å². The molecular formula is C17H19NO2. The predicted octanol–water partition coefficient (Wildman–Crippen LogP) is 2.00. The molecule has 1 aliphatic rings. The summed E-state index contributed by atoms with van der Waals surface area (Å²) in [5.74, 6) is 0. The third-order valence-corrected chi connectivity index (χ3v) is 3.99. The van der Waals surface area contributed by atoms with Gasteiger partial charge < -0.3 is 15.9 Å². The molecule has 104 valence electrons. The van der Waals surface area contributed by atoms with Crippen molar-refractivity contribution in [1.29, 1.82) is 0 Å². The summed E-state index contributed by atoms with van der Waals surface area (Å²) < 4.78 is 0. The van der Waals surface area contributed by atoms with Crippen LogP contribution in [-0.4, -0.2) is 22.9 Å². The van der Waals surface area contributed by atoms with E-state index in [9.17, 15) is 10.2 Å². The van der Waals surface area contributed by atoms with Crippen LogP contribution < -0.4 is 5.73 Å². The summed E-state index contributed by atoms with van der Waals surface area (Å²) in [6.45, 7) is 0.370. The van der Waals surface area contributed by atoms with Gasteiger partial charge in [-0.05, 0) is 47.2 Å². The second-order valence-corrected chi connectivity index (χ2v) is 5.34. The Hall–Kier alpha value is -1.68. The van der Waals surface area contributed by atoms with Crippen molar-refractivity contribution in [3.05, 3.63) is 59.2 Å². The summed E-state index contributed by atoms with van der Waals surface area (Å²) >= 11 is 0. The van der Waals surface area contributed by atoms with Gasteiger partial charge in [0.15, 0.2) is 0 Å². The number of hydrogen-bond donors (Lipinski definition) is 3. The van der Waals surface area contributed by atoms with Crippen LogP contribution in [0.25, 0.3) is 11.1 Å². The molecule has 0 aliphatic heterocycles. The van der Waals surface area contributed by atoms with Gasteiger partial charge in [-0.2, -0.15) is 0 Å². The fraction of sp³-hybridized carbons (Fsp3) is 0.294. The van der Waals surface area contributed by atoms with Gasteiger partial charge >= 0.3 is 0 Å². The van der Waals surface area contributed by atoms with Crippen molar-refractivity contribution in [3.63, 3.8) is 0 Å². The quantitative estimate of drug-likeness (QED) is 0.678. The molecular weight excluding hydrogens is 250 g/mol. The number of fused-ring (bicyclic) bond motifs is 3. The predicted molar refractivity (Wildman–Crippen MR) is 79.3 cm³/mol. The molecule has 3 rings (SSSR count). The summed E-state index contributed by atoms with van der Waals surface area (Å²) in [4.78, 5) is 0. The first-order valence-electron chi connectivity index (χ1n) is 6.98. The highest BCUT2D eigenvalue weighted by atomic mass is 16.3. The van der Waals surface area contributed by atoms with E-state index in [1.807, 2.05) is 30.3 Å². The Morgan fingerprint density at radius 1 is 1.00 bits per heavy atom. The van der Waals surface area contributed by atoms with E-state index in [0.717, 1.165) is 12.0 Å². The van der Waals surface area contributed by atoms with Gasteiger partial charge in [0, 0.05) is 0 Å². The Balaban J connectivity index is 1.91. The van der Waals surface area contributed by atoms with Gasteiger partial charge in [0.1, 0.15) is 6.10 Å². The van der Waals surface area contributed by atoms with Gasteiger partial charge in [0.2, 0.25) is 0 Å². The van der Waals surface area contributed by atoms with E-state index in [1.54, 1.807) is 0 Å². The molecule has 4 N–H and O–H groups in total. The molecule has 0 spiro atoms. The highest BCUT2D eigenvalue weighted by Crippen LogP contribution is 2.37. The maximum atomic E-state index is 10.2. The van der Waals surface area contributed by atoms with Crippen LogP contribution in [0, 0.1) is 0 Å². The van der Waals surface area contributed by atoms with Crippen molar-refractivity contribution in [1.82, 2.24) is 0 Å². The summed E-state index contributed by atoms with van der Waals surface area (Å²) in [7, 11) is 0. The molecule has 0 bridgehead atoms. The number of aliphatic hydroxyl groups excluding tert-OH is 2. The molecule has 0 radical (unpaired) electrons. The van der Waals surface area contributed by atoms with Gasteiger partial charge in [-0.1, -0.05) is 42.5 Å². The standard InChI is InChI=1S/C17H19NO2/c18-8-7-16(19)17(20)12-5-6-15-13(10-12)9-11-3-1-2-4-14(11)15/h1-6,10,16-17,19-20H,7-9,18H2. The lowest BCUT2D eigenvalue weighted by Crippen LogP contribution is -2.21. The van der Waals surface area contributed by atoms with Crippen LogP contribution in [0.4, 0.5) is 0 Å². The summed E-state index contributed by atoms with van der Waals surface area (Å²) in [5, 5.41) is 20.0. The number of rotatable bonds is 4. The van der Waals surface area contributed by atoms with Gasteiger partial charge in [0.25, 0.3) is 0 Å². The molecule has 0 saturated heterocycles. The topological polar surface area (TPSA) is 66.5 Å². The lowest BCUT2D eigenvalue weighted by atomic mass is 9.97. The molecule has 1 aliphatic carbocycles. The largest absolute Gasteiger partial charge is 0.390 e. The minimum absolute atomic E-state index is 0.370. The third kappa shape index (κ3) is 2.24. The van der Waals surface area contributed by atoms with Crippen molar-refractivity contribution >= 4 is 0 Å². The van der Waals surface area contributed by atoms with Crippen molar-refractivity contribution in [2.45, 2.75) is 25.0 Å². The zero-order chi connectivity index (χ0) is 14.1. The third-order valence-electron chi connectivity index (χ3n) is 3.99. The highest BCUT2D eigenvalue weighted by molar-refractivity contribution is 5.76. The lowest BCUT2D eigenvalue weighted by molar-refractivity contribution is 0.0150. The van der Waals surface area contributed by atoms with E-state index < -0.39 is 12.2 Å². The first-order valence-corrected chi connectivity index (χ1v) is 6.98. The van der Waals surface area contributed by atoms with Crippen LogP contribution in [0.2, 0.25) is 0 Å². The number of hydrogen-bond acceptors (Lipinski definition) is 3. The van der Waals surface area contributed by atoms with Crippen molar-refractivity contribution in [3.8, 4) is 11.1 Å². The smallest absolute Gasteiger partial charge is 0.105 e. The highest BCUT2D eigenvalue weighted by Gasteiger charge is 2.22. The zero-order valence-corrected chi connectivity index (χ0v) is 11.3. The Morgan fingerprint density at radius 3 is 2.55 bits per heavy atom. The van der Waals surface area contributed by atoms with Crippen LogP contribution in [0.5, 0.6) is 0 Å². The monoisotopic (exact) mass is 269 g/mol. The number of benzene rings is 2. The second kappa shape index (κ2) is 5.37. The number of nitrogens with two attached hydrogens (primary N) is 1. The van der Waals surface area contributed by atoms with Crippen LogP contribution in [0.15, 0.2) is 42.5 Å². The Labute approximate surface area is 118 Å². The molecule has 0 heterocycles. The minimum Gasteiger partial charge on any atom is -0.390 e. The number of aliphatic hydroxyl groups is 2. The molecule has 0 fully saturated rings. The first-order chi connectivity index (χ1) is 9.70. The summed E-state index contributed by atoms with van der Waals surface area (Å²) in [5.41, 5.74) is 11.2. The zero-order valence-electron chi connectivity index (χ0n) is 11.3. The molecule has 3 nitrogen and oxygen atoms in total. The molecule has 2 unspecified atom stereocenters. The Kier molecular flexibility index (Phi) is 3.57. The van der Waals surface area contributed by atoms with E-state index in [0.29, 0.717) is 13.0 Å². The Morgan fingerprint density at radius 2 is 1.75 bits per heavy atom. The molecule has 0 saturated carbocycles. The van der Waals surface area contributed by atoms with Crippen molar-refractivity contribution < 1.29 is 10.2 Å². The average Bonchev–Trinajstić information content (AvgIpc) is 2.84. The maximum Gasteiger partial charge on any atom is 0.105 e. The van der Waals surface area contributed by atoms with Crippen molar-refractivity contribution in [2.75, 3.05) is 6.54 Å². The fourth-order valence-corrected chi connectivity index (χ4v) is 2.90. The summed E-state index contributed by atoms with van der Waals surface area (Å²) in [6.07, 6.45) is -0.383. The molecule has 0 aromatic heterocycles. The molecule has 2 aromatic carbocycles. The molecule has 2 atom stereocenters. The normalized spacial score (nSPS) is 15.6. The van der Waals surface area contributed by atoms with E-state index >= 15 is 0 Å². The van der Waals surface area contributed by atoms with Crippen molar-refractivity contribution in [2.24, 2.45) is 5.73 Å². The van der Waals surface area contributed by atoms with Gasteiger partial charge in [0.05, 0.1) is 6.10 Å². The van der Waals surface area contributed by atoms with Crippen LogP contribution in [-0.2, 0) is 6.42 Å². The minimum atomic E-state index is -0.868. The van der Waals surface area contributed by atoms with E-state index in [4.69, 9.17) is 5.73 Å². The maximum absolute atomic E-state index is 10.2. The molecule has 3 heteroatoms. The van der Waals surface area contributed by atoms with E-state index in [-0.39, 0.29) is 0 Å². The molecule has 20 heavy (non-hydrogen) atoms. The Bertz CT molecular complexity index is 624. The van der Waals surface area contributed by atoms with Crippen LogP contribution in [0.1, 0.15) is 29.2 Å². The molecule has 0 amide bonds.